The van der Waals surface area contributed by atoms with Crippen molar-refractivity contribution in [3.8, 4) is 5.75 Å². The van der Waals surface area contributed by atoms with Crippen LogP contribution in [-0.2, 0) is 0 Å². The number of hydrogen-bond donors (Lipinski definition) is 0. The normalized spacial score (nSPS) is 11.2. The van der Waals surface area contributed by atoms with Gasteiger partial charge >= 0.3 is 58.4 Å². The summed E-state index contributed by atoms with van der Waals surface area (Å²) in [6, 6.07) is 4.11. The van der Waals surface area contributed by atoms with E-state index in [1.807, 2.05) is 0 Å². The van der Waals surface area contributed by atoms with Gasteiger partial charge in [-0.25, -0.2) is 0 Å². The van der Waals surface area contributed by atoms with Gasteiger partial charge in [0, 0.05) is 0 Å². The van der Waals surface area contributed by atoms with E-state index in [1.54, 1.807) is 26.8 Å². The molecule has 1 aromatic rings. The van der Waals surface area contributed by atoms with Gasteiger partial charge in [-0.05, 0) is 26.8 Å². The average molecular weight is 256 g/mol. The Morgan fingerprint density at radius 2 is 1.75 bits per heavy atom. The number of benzene rings is 1. The van der Waals surface area contributed by atoms with Gasteiger partial charge < -0.3 is 17.7 Å². The summed E-state index contributed by atoms with van der Waals surface area (Å²) in [5.41, 5.74) is -0.0657. The smallest absolute Gasteiger partial charge is 0.494 e. The molecule has 0 saturated carbocycles. The molecule has 0 spiro atoms. The van der Waals surface area contributed by atoms with E-state index < -0.39 is 12.4 Å². The molecule has 0 amide bonds. The fraction of sp³-hybridized carbons (Fsp3) is 0.400. The van der Waals surface area contributed by atoms with Crippen molar-refractivity contribution >= 4 is 12.4 Å². The predicted octanol–water partition coefficient (Wildman–Crippen LogP) is -0.159. The summed E-state index contributed by atoms with van der Waals surface area (Å²) in [4.78, 5) is 0. The van der Waals surface area contributed by atoms with Crippen LogP contribution < -0.4 is 61.6 Å². The number of ether oxygens (including phenoxy) is 1. The van der Waals surface area contributed by atoms with E-state index >= 15 is 0 Å². The van der Waals surface area contributed by atoms with Gasteiger partial charge in [0.1, 0.15) is 0 Å². The molecule has 0 saturated heterocycles. The summed E-state index contributed by atoms with van der Waals surface area (Å²) in [7, 11) is 0. The van der Waals surface area contributed by atoms with Gasteiger partial charge in [-0.1, -0.05) is 23.2 Å². The maximum Gasteiger partial charge on any atom is 1.00 e. The summed E-state index contributed by atoms with van der Waals surface area (Å²) in [6.45, 7) is 0.0211. The largest absolute Gasteiger partial charge is 1.00 e. The van der Waals surface area contributed by atoms with Crippen molar-refractivity contribution in [3.05, 3.63) is 23.8 Å². The first-order chi connectivity index (χ1) is 6.80. The van der Waals surface area contributed by atoms with Gasteiger partial charge in [-0.15, -0.1) is 0 Å². The van der Waals surface area contributed by atoms with Crippen LogP contribution in [0, 0.1) is 6.92 Å². The number of hydrogen-bond acceptors (Lipinski definition) is 1. The Morgan fingerprint density at radius 3 is 2.19 bits per heavy atom. The molecule has 0 aliphatic carbocycles. The number of aryl methyl sites for hydroxylation is 1. The van der Waals surface area contributed by atoms with E-state index in [0.717, 1.165) is 6.07 Å². The molecule has 0 radical (unpaired) electrons. The van der Waals surface area contributed by atoms with E-state index in [0.29, 0.717) is 5.56 Å². The second-order valence-corrected chi connectivity index (χ2v) is 3.78. The van der Waals surface area contributed by atoms with Crippen LogP contribution in [0.1, 0.15) is 19.4 Å². The molecule has 0 aromatic heterocycles. The topological polar surface area (TPSA) is 9.23 Å². The van der Waals surface area contributed by atoms with E-state index in [4.69, 9.17) is 4.74 Å². The summed E-state index contributed by atoms with van der Waals surface area (Å²) in [5, 5.41) is 0. The molecule has 0 unspecified atom stereocenters. The predicted molar refractivity (Wildman–Crippen MR) is 55.7 cm³/mol. The Morgan fingerprint density at radius 1 is 1.19 bits per heavy atom. The van der Waals surface area contributed by atoms with Gasteiger partial charge in [0.15, 0.2) is 0 Å². The van der Waals surface area contributed by atoms with Crippen molar-refractivity contribution < 1.29 is 69.1 Å². The van der Waals surface area contributed by atoms with E-state index in [2.05, 4.69) is 0 Å². The van der Waals surface area contributed by atoms with Gasteiger partial charge in [0.05, 0.1) is 11.9 Å². The second-order valence-electron chi connectivity index (χ2n) is 3.78. The molecule has 1 aromatic carbocycles. The summed E-state index contributed by atoms with van der Waals surface area (Å²) >= 11 is 0. The minimum Gasteiger partial charge on any atom is -0.494 e. The van der Waals surface area contributed by atoms with Crippen LogP contribution in [0.4, 0.5) is 12.9 Å². The molecular weight excluding hydrogens is 243 g/mol. The fourth-order valence-electron chi connectivity index (χ4n) is 1.28. The summed E-state index contributed by atoms with van der Waals surface area (Å²) < 4.78 is 43.1. The zero-order valence-electron chi connectivity index (χ0n) is 9.93. The van der Waals surface area contributed by atoms with Crippen molar-refractivity contribution in [1.29, 1.82) is 0 Å². The van der Waals surface area contributed by atoms with Gasteiger partial charge in [-0.3, -0.25) is 0 Å². The van der Waals surface area contributed by atoms with Crippen molar-refractivity contribution in [1.82, 2.24) is 0 Å². The number of halogens is 3. The first-order valence-electron chi connectivity index (χ1n) is 4.78. The standard InChI is InChI=1S/C10H13BF3O.K/c1-7(2)15-10-5-4-8(3)6-9(10)11(12,13)14;/h4-7H,1-3H3;/q-1;+1. The van der Waals surface area contributed by atoms with Crippen LogP contribution in [-0.4, -0.2) is 13.1 Å². The van der Waals surface area contributed by atoms with Crippen molar-refractivity contribution in [2.24, 2.45) is 0 Å². The molecule has 84 valence electrons. The molecule has 0 N–H and O–H groups in total. The minimum atomic E-state index is -5.01. The van der Waals surface area contributed by atoms with Crippen molar-refractivity contribution in [2.45, 2.75) is 26.9 Å². The maximum atomic E-state index is 12.7. The fourth-order valence-corrected chi connectivity index (χ4v) is 1.28. The monoisotopic (exact) mass is 256 g/mol. The van der Waals surface area contributed by atoms with Crippen molar-refractivity contribution in [3.63, 3.8) is 0 Å². The average Bonchev–Trinajstić information content (AvgIpc) is 2.05. The minimum absolute atomic E-state index is 0. The Labute approximate surface area is 136 Å². The quantitative estimate of drug-likeness (QED) is 0.683. The second kappa shape index (κ2) is 6.45. The molecule has 0 heterocycles. The van der Waals surface area contributed by atoms with Crippen LogP contribution >= 0.6 is 0 Å². The third kappa shape index (κ3) is 4.79. The van der Waals surface area contributed by atoms with E-state index in [1.165, 1.54) is 6.07 Å². The Bertz CT molecular complexity index is 352. The van der Waals surface area contributed by atoms with Gasteiger partial charge in [0.25, 0.3) is 0 Å². The van der Waals surface area contributed by atoms with Crippen LogP contribution in [0.25, 0.3) is 0 Å². The first-order valence-corrected chi connectivity index (χ1v) is 4.78. The maximum absolute atomic E-state index is 12.7. The SMILES string of the molecule is Cc1ccc(OC(C)C)c([B-](F)(F)F)c1.[K+]. The molecule has 0 aliphatic rings. The molecule has 0 aliphatic heterocycles. The molecule has 6 heteroatoms. The third-order valence-electron chi connectivity index (χ3n) is 1.88. The zero-order valence-corrected chi connectivity index (χ0v) is 13.1. The van der Waals surface area contributed by atoms with E-state index in [-0.39, 0.29) is 63.2 Å². The van der Waals surface area contributed by atoms with Gasteiger partial charge in [0.2, 0.25) is 0 Å². The number of rotatable bonds is 3. The van der Waals surface area contributed by atoms with E-state index in [9.17, 15) is 12.9 Å². The summed E-state index contributed by atoms with van der Waals surface area (Å²) in [5.74, 6) is -0.0805. The van der Waals surface area contributed by atoms with Crippen LogP contribution in [0.15, 0.2) is 18.2 Å². The molecule has 0 bridgehead atoms. The van der Waals surface area contributed by atoms with Crippen LogP contribution in [0.3, 0.4) is 0 Å². The van der Waals surface area contributed by atoms with Gasteiger partial charge in [-0.2, -0.15) is 0 Å². The van der Waals surface area contributed by atoms with Crippen molar-refractivity contribution in [2.75, 3.05) is 0 Å². The van der Waals surface area contributed by atoms with Crippen LogP contribution in [0.2, 0.25) is 0 Å². The third-order valence-corrected chi connectivity index (χ3v) is 1.88. The molecule has 0 atom stereocenters. The molecule has 1 nitrogen and oxygen atoms in total. The Kier molecular flexibility index (Phi) is 6.65. The molecule has 0 fully saturated rings. The Balaban J connectivity index is 0.00000225. The molecule has 1 rings (SSSR count). The first kappa shape index (κ1) is 16.5. The molecular formula is C10H13BF3KO. The zero-order chi connectivity index (χ0) is 11.6. The summed E-state index contributed by atoms with van der Waals surface area (Å²) in [6.07, 6.45) is -0.260. The Hall–Kier alpha value is 0.511. The van der Waals surface area contributed by atoms with Crippen LogP contribution in [0.5, 0.6) is 5.75 Å². The molecule has 16 heavy (non-hydrogen) atoms.